The van der Waals surface area contributed by atoms with Gasteiger partial charge >= 0.3 is 5.97 Å². The molecule has 1 amide bonds. The van der Waals surface area contributed by atoms with Crippen molar-refractivity contribution in [3.63, 3.8) is 0 Å². The summed E-state index contributed by atoms with van der Waals surface area (Å²) in [6.07, 6.45) is 3.44. The van der Waals surface area contributed by atoms with Gasteiger partial charge in [0.25, 0.3) is 15.9 Å². The topological polar surface area (TPSA) is 96.3 Å². The Kier molecular flexibility index (Phi) is 4.36. The van der Waals surface area contributed by atoms with E-state index in [4.69, 9.17) is 4.74 Å². The molecule has 0 aromatic heterocycles. The number of fused-ring (bicyclic) bond motifs is 1. The fourth-order valence-electron chi connectivity index (χ4n) is 1.96. The van der Waals surface area contributed by atoms with Gasteiger partial charge in [-0.2, -0.15) is 0 Å². The van der Waals surface area contributed by atoms with Gasteiger partial charge in [-0.05, 0) is 19.1 Å². The van der Waals surface area contributed by atoms with E-state index < -0.39 is 22.1 Å². The number of rotatable bonds is 3. The van der Waals surface area contributed by atoms with Gasteiger partial charge in [-0.1, -0.05) is 0 Å². The predicted octanol–water partition coefficient (Wildman–Crippen LogP) is -0.496. The summed E-state index contributed by atoms with van der Waals surface area (Å²) in [4.78, 5) is 26.6. The Hall–Kier alpha value is -2.16. The molecule has 0 bridgehead atoms. The smallest absolute Gasteiger partial charge is 0.340 e. The Labute approximate surface area is 128 Å². The second-order valence-corrected chi connectivity index (χ2v) is 6.88. The number of likely N-dealkylation sites (N-methyl/N-ethyl adjacent to an activating group) is 1. The molecule has 120 valence electrons. The molecule has 0 aromatic rings. The van der Waals surface area contributed by atoms with Crippen molar-refractivity contribution in [2.45, 2.75) is 13.0 Å². The van der Waals surface area contributed by atoms with E-state index in [1.807, 2.05) is 0 Å². The van der Waals surface area contributed by atoms with Crippen molar-refractivity contribution in [2.24, 2.45) is 4.40 Å². The number of sulfonamides is 1. The molecule has 0 spiro atoms. The molecule has 2 aliphatic heterocycles. The number of amides is 1. The van der Waals surface area contributed by atoms with Crippen LogP contribution in [0.1, 0.15) is 6.92 Å². The van der Waals surface area contributed by atoms with Crippen LogP contribution in [0.5, 0.6) is 0 Å². The first kappa shape index (κ1) is 16.2. The highest BCUT2D eigenvalue weighted by Gasteiger charge is 2.27. The van der Waals surface area contributed by atoms with Crippen LogP contribution in [-0.4, -0.2) is 68.4 Å². The first-order valence-electron chi connectivity index (χ1n) is 6.61. The first-order valence-corrected chi connectivity index (χ1v) is 8.22. The van der Waals surface area contributed by atoms with E-state index in [-0.39, 0.29) is 29.6 Å². The van der Waals surface area contributed by atoms with E-state index in [1.165, 1.54) is 30.2 Å². The summed E-state index contributed by atoms with van der Waals surface area (Å²) in [6, 6.07) is 0. The zero-order valence-electron chi connectivity index (χ0n) is 12.5. The lowest BCUT2D eigenvalue weighted by Crippen LogP contribution is -2.38. The van der Waals surface area contributed by atoms with E-state index in [0.29, 0.717) is 0 Å². The molecule has 0 saturated carbocycles. The van der Waals surface area contributed by atoms with Crippen molar-refractivity contribution in [2.75, 3.05) is 26.4 Å². The monoisotopic (exact) mass is 327 g/mol. The van der Waals surface area contributed by atoms with Crippen LogP contribution in [0.15, 0.2) is 28.3 Å². The largest absolute Gasteiger partial charge is 0.449 e. The fraction of sp³-hybridized carbons (Fsp3) is 0.462. The second kappa shape index (κ2) is 5.91. The quantitative estimate of drug-likeness (QED) is 0.649. The minimum absolute atomic E-state index is 0.112. The molecule has 2 aliphatic rings. The number of hydrogen-bond acceptors (Lipinski definition) is 6. The molecule has 2 rings (SSSR count). The number of hydrogen-bond donors (Lipinski definition) is 0. The summed E-state index contributed by atoms with van der Waals surface area (Å²) in [5.74, 6) is -0.815. The van der Waals surface area contributed by atoms with E-state index in [2.05, 4.69) is 4.40 Å². The number of nitrogens with zero attached hydrogens (tertiary/aromatic N) is 3. The molecule has 1 unspecified atom stereocenters. The Morgan fingerprint density at radius 2 is 2.05 bits per heavy atom. The van der Waals surface area contributed by atoms with Gasteiger partial charge in [-0.15, -0.1) is 4.40 Å². The van der Waals surface area contributed by atoms with Gasteiger partial charge in [0.1, 0.15) is 5.84 Å². The Balaban J connectivity index is 2.09. The van der Waals surface area contributed by atoms with Crippen LogP contribution in [0.2, 0.25) is 0 Å². The van der Waals surface area contributed by atoms with Crippen molar-refractivity contribution < 1.29 is 22.7 Å². The third-order valence-corrected chi connectivity index (χ3v) is 4.30. The van der Waals surface area contributed by atoms with Crippen molar-refractivity contribution >= 4 is 27.7 Å². The lowest BCUT2D eigenvalue weighted by Gasteiger charge is -2.27. The number of carbonyl (C=O) groups is 2. The van der Waals surface area contributed by atoms with Crippen molar-refractivity contribution in [1.82, 2.24) is 9.80 Å². The van der Waals surface area contributed by atoms with Gasteiger partial charge < -0.3 is 14.5 Å². The van der Waals surface area contributed by atoms with Gasteiger partial charge in [0.15, 0.2) is 6.10 Å². The van der Waals surface area contributed by atoms with Crippen molar-refractivity contribution in [3.05, 3.63) is 23.9 Å². The van der Waals surface area contributed by atoms with Crippen LogP contribution < -0.4 is 0 Å². The first-order chi connectivity index (χ1) is 10.2. The summed E-state index contributed by atoms with van der Waals surface area (Å²) < 4.78 is 31.5. The van der Waals surface area contributed by atoms with Crippen molar-refractivity contribution in [3.8, 4) is 0 Å². The van der Waals surface area contributed by atoms with Crippen LogP contribution in [0.4, 0.5) is 0 Å². The van der Waals surface area contributed by atoms with Crippen LogP contribution in [-0.2, 0) is 24.3 Å². The van der Waals surface area contributed by atoms with Crippen LogP contribution in [0.25, 0.3) is 0 Å². The maximum absolute atomic E-state index is 12.0. The molecule has 0 aliphatic carbocycles. The predicted molar refractivity (Wildman–Crippen MR) is 79.4 cm³/mol. The average molecular weight is 327 g/mol. The number of carbonyl (C=O) groups excluding carboxylic acids is 2. The van der Waals surface area contributed by atoms with E-state index >= 15 is 0 Å². The van der Waals surface area contributed by atoms with E-state index in [1.54, 1.807) is 19.0 Å². The van der Waals surface area contributed by atoms with Crippen molar-refractivity contribution in [1.29, 1.82) is 0 Å². The summed E-state index contributed by atoms with van der Waals surface area (Å²) in [5, 5.41) is 0. The third-order valence-electron chi connectivity index (χ3n) is 3.13. The zero-order chi connectivity index (χ0) is 16.5. The molecule has 22 heavy (non-hydrogen) atoms. The molecule has 0 aromatic carbocycles. The zero-order valence-corrected chi connectivity index (χ0v) is 13.3. The van der Waals surface area contributed by atoms with Crippen LogP contribution >= 0.6 is 0 Å². The molecule has 0 fully saturated rings. The lowest BCUT2D eigenvalue weighted by molar-refractivity contribution is -0.154. The minimum atomic E-state index is -3.43. The molecule has 0 radical (unpaired) electrons. The standard InChI is InChI=1S/C13H17N3O5S/c1-9(12(17)15(2)3)21-13(18)10-4-5-11-14-22(19,20)7-6-16(11)8-10/h4-5,8-9H,6-7H2,1-3H3. The van der Waals surface area contributed by atoms with Gasteiger partial charge in [-0.25, -0.2) is 13.2 Å². The number of esters is 1. The Morgan fingerprint density at radius 3 is 2.68 bits per heavy atom. The maximum Gasteiger partial charge on any atom is 0.340 e. The molecule has 9 heteroatoms. The van der Waals surface area contributed by atoms with Gasteiger partial charge in [0.2, 0.25) is 0 Å². The highest BCUT2D eigenvalue weighted by molar-refractivity contribution is 7.90. The van der Waals surface area contributed by atoms with E-state index in [9.17, 15) is 18.0 Å². The van der Waals surface area contributed by atoms with E-state index in [0.717, 1.165) is 0 Å². The summed E-state index contributed by atoms with van der Waals surface area (Å²) >= 11 is 0. The molecule has 0 saturated heterocycles. The highest BCUT2D eigenvalue weighted by atomic mass is 32.2. The average Bonchev–Trinajstić information content (AvgIpc) is 2.44. The molecular formula is C13H17N3O5S. The fourth-order valence-corrected chi connectivity index (χ4v) is 2.93. The van der Waals surface area contributed by atoms with Crippen LogP contribution in [0.3, 0.4) is 0 Å². The van der Waals surface area contributed by atoms with Gasteiger partial charge in [0.05, 0.1) is 11.3 Å². The molecule has 2 heterocycles. The maximum atomic E-state index is 12.0. The second-order valence-electron chi connectivity index (χ2n) is 5.13. The SMILES string of the molecule is CC(OC(=O)C1=CN2CCS(=O)(=O)N=C2C=C1)C(=O)N(C)C. The Bertz CT molecular complexity index is 690. The summed E-state index contributed by atoms with van der Waals surface area (Å²) in [5.41, 5.74) is 0.233. The highest BCUT2D eigenvalue weighted by Crippen LogP contribution is 2.17. The third kappa shape index (κ3) is 3.53. The molecular weight excluding hydrogens is 310 g/mol. The molecule has 1 atom stereocenters. The van der Waals surface area contributed by atoms with Gasteiger partial charge in [0, 0.05) is 26.8 Å². The number of ether oxygens (including phenoxy) is 1. The lowest BCUT2D eigenvalue weighted by atomic mass is 10.2. The molecule has 0 N–H and O–H groups in total. The van der Waals surface area contributed by atoms with Crippen LogP contribution in [0, 0.1) is 0 Å². The molecule has 8 nitrogen and oxygen atoms in total. The summed E-state index contributed by atoms with van der Waals surface area (Å²) in [6.45, 7) is 1.71. The Morgan fingerprint density at radius 1 is 1.36 bits per heavy atom. The van der Waals surface area contributed by atoms with Gasteiger partial charge in [-0.3, -0.25) is 4.79 Å². The summed E-state index contributed by atoms with van der Waals surface area (Å²) in [7, 11) is -0.286. The minimum Gasteiger partial charge on any atom is -0.449 e. The number of amidine groups is 1. The normalized spacial score (nSPS) is 20.4.